The molecule has 5 aromatic rings. The van der Waals surface area contributed by atoms with Crippen LogP contribution in [-0.2, 0) is 18.9 Å². The second kappa shape index (κ2) is 15.6. The highest BCUT2D eigenvalue weighted by molar-refractivity contribution is 6.34. The molecule has 0 saturated carbocycles. The van der Waals surface area contributed by atoms with Crippen molar-refractivity contribution in [3.63, 3.8) is 0 Å². The number of carbonyl (C=O) groups is 1. The molecule has 2 aliphatic heterocycles. The van der Waals surface area contributed by atoms with Gasteiger partial charge in [-0.25, -0.2) is 27.9 Å². The third-order valence-electron chi connectivity index (χ3n) is 8.89. The number of hydrogen-bond donors (Lipinski definition) is 1. The largest absolute Gasteiger partial charge is 0.440 e. The van der Waals surface area contributed by atoms with Crippen molar-refractivity contribution in [1.82, 2.24) is 40.0 Å². The fraction of sp³-hybridized carbons (Fsp3) is 0.343. The summed E-state index contributed by atoms with van der Waals surface area (Å²) in [4.78, 5) is 20.0. The van der Waals surface area contributed by atoms with Gasteiger partial charge in [0.15, 0.2) is 24.3 Å². The van der Waals surface area contributed by atoms with E-state index in [2.05, 4.69) is 20.7 Å². The predicted molar refractivity (Wildman–Crippen MR) is 190 cm³/mol. The number of carbonyl (C=O) groups excluding carboxylic acids is 1. The molecule has 2 aromatic heterocycles. The summed E-state index contributed by atoms with van der Waals surface area (Å²) < 4.78 is 58.0. The Labute approximate surface area is 317 Å². The molecule has 278 valence electrons. The van der Waals surface area contributed by atoms with Crippen LogP contribution in [0.25, 0.3) is 16.9 Å². The van der Waals surface area contributed by atoms with Crippen LogP contribution in [0, 0.1) is 18.6 Å². The van der Waals surface area contributed by atoms with Crippen LogP contribution in [-0.4, -0.2) is 92.9 Å². The number of amides is 1. The molecule has 0 spiro atoms. The summed E-state index contributed by atoms with van der Waals surface area (Å²) in [5.41, 5.74) is 1.34. The first-order chi connectivity index (χ1) is 25.5. The molecule has 0 aliphatic carbocycles. The van der Waals surface area contributed by atoms with E-state index in [1.54, 1.807) is 39.2 Å². The molecular weight excluding hydrogens is 757 g/mol. The van der Waals surface area contributed by atoms with Gasteiger partial charge in [0.25, 0.3) is 0 Å². The van der Waals surface area contributed by atoms with Crippen molar-refractivity contribution >= 4 is 40.9 Å². The average Bonchev–Trinajstić information content (AvgIpc) is 3.80. The summed E-state index contributed by atoms with van der Waals surface area (Å²) in [6.45, 7) is 2.56. The molecule has 1 N–H and O–H groups in total. The Bertz CT molecular complexity index is 2080. The number of rotatable bonds is 9. The van der Waals surface area contributed by atoms with E-state index in [9.17, 15) is 13.6 Å². The zero-order valence-corrected chi connectivity index (χ0v) is 30.8. The van der Waals surface area contributed by atoms with Crippen LogP contribution >= 0.6 is 34.8 Å². The standard InChI is InChI=1S/C35H33Cl3F2N8O5/c1-18-42-33(48(44-18)26-15-21(36)9-10-22(26)37)32-31(53-35(49)46(3)12-11-41-2)29(30-27(51-32)17-50-34(52-30)19-7-5-4-6-8-19)47-16-25(43-45-47)20-13-23(39)28(38)24(40)14-20/h4-10,13-16,27,29-32,34,41H,11-12,17H2,1-3H3. The normalized spacial score (nSPS) is 22.7. The van der Waals surface area contributed by atoms with Crippen molar-refractivity contribution in [2.24, 2.45) is 0 Å². The van der Waals surface area contributed by atoms with Crippen molar-refractivity contribution in [3.05, 3.63) is 111 Å². The SMILES string of the molecule is CNCCN(C)C(=O)OC1C(c2nc(C)nn2-c2cc(Cl)ccc2Cl)OC2COC(c3ccccc3)OC2C1n1cc(-c2cc(F)c(Cl)c(F)c2)nn1. The minimum Gasteiger partial charge on any atom is -0.440 e. The number of likely N-dealkylation sites (N-methyl/N-ethyl adjacent to an activating group) is 2. The van der Waals surface area contributed by atoms with Crippen molar-refractivity contribution in [3.8, 4) is 16.9 Å². The highest BCUT2D eigenvalue weighted by atomic mass is 35.5. The lowest BCUT2D eigenvalue weighted by Crippen LogP contribution is -2.58. The Hall–Kier alpha value is -4.22. The maximum Gasteiger partial charge on any atom is 0.410 e. The zero-order chi connectivity index (χ0) is 37.4. The van der Waals surface area contributed by atoms with Crippen LogP contribution in [0.4, 0.5) is 13.6 Å². The minimum absolute atomic E-state index is 0.0557. The maximum atomic E-state index is 14.6. The molecule has 2 aliphatic rings. The molecule has 3 aromatic carbocycles. The van der Waals surface area contributed by atoms with Crippen molar-refractivity contribution in [2.45, 2.75) is 43.7 Å². The number of fused-ring (bicyclic) bond motifs is 1. The number of halogens is 5. The van der Waals surface area contributed by atoms with Gasteiger partial charge in [0, 0.05) is 36.3 Å². The number of benzene rings is 3. The molecule has 0 bridgehead atoms. The smallest absolute Gasteiger partial charge is 0.410 e. The predicted octanol–water partition coefficient (Wildman–Crippen LogP) is 6.52. The van der Waals surface area contributed by atoms with E-state index >= 15 is 0 Å². The van der Waals surface area contributed by atoms with Gasteiger partial charge in [0.2, 0.25) is 0 Å². The van der Waals surface area contributed by atoms with Gasteiger partial charge >= 0.3 is 6.09 Å². The second-order valence-electron chi connectivity index (χ2n) is 12.5. The van der Waals surface area contributed by atoms with E-state index < -0.39 is 59.5 Å². The van der Waals surface area contributed by atoms with Gasteiger partial charge in [0.05, 0.1) is 23.5 Å². The van der Waals surface area contributed by atoms with E-state index in [4.69, 9.17) is 58.7 Å². The first kappa shape index (κ1) is 37.1. The Morgan fingerprint density at radius 3 is 2.57 bits per heavy atom. The van der Waals surface area contributed by atoms with E-state index in [-0.39, 0.29) is 23.7 Å². The highest BCUT2D eigenvalue weighted by Crippen LogP contribution is 2.46. The number of nitrogens with zero attached hydrogens (tertiary/aromatic N) is 7. The van der Waals surface area contributed by atoms with Crippen molar-refractivity contribution in [1.29, 1.82) is 0 Å². The summed E-state index contributed by atoms with van der Waals surface area (Å²) in [5.74, 6) is -1.33. The molecule has 6 unspecified atom stereocenters. The van der Waals surface area contributed by atoms with E-state index in [1.165, 1.54) is 20.5 Å². The van der Waals surface area contributed by atoms with Gasteiger partial charge in [-0.1, -0.05) is 70.3 Å². The van der Waals surface area contributed by atoms with E-state index in [1.807, 2.05) is 30.3 Å². The number of ether oxygens (including phenoxy) is 4. The summed E-state index contributed by atoms with van der Waals surface area (Å²) in [7, 11) is 3.37. The summed E-state index contributed by atoms with van der Waals surface area (Å²) in [5, 5.41) is 16.3. The third kappa shape index (κ3) is 7.60. The molecule has 1 amide bonds. The van der Waals surface area contributed by atoms with Gasteiger partial charge in [-0.2, -0.15) is 5.10 Å². The molecule has 4 heterocycles. The molecular formula is C35H33Cl3F2N8O5. The van der Waals surface area contributed by atoms with Crippen LogP contribution in [0.15, 0.2) is 66.9 Å². The topological polar surface area (TPSA) is 131 Å². The third-order valence-corrected chi connectivity index (χ3v) is 9.81. The zero-order valence-electron chi connectivity index (χ0n) is 28.5. The lowest BCUT2D eigenvalue weighted by molar-refractivity contribution is -0.319. The highest BCUT2D eigenvalue weighted by Gasteiger charge is 2.55. The van der Waals surface area contributed by atoms with Gasteiger partial charge in [-0.15, -0.1) is 5.10 Å². The van der Waals surface area contributed by atoms with Crippen molar-refractivity contribution in [2.75, 3.05) is 33.8 Å². The Balaban J connectivity index is 1.37. The number of aryl methyl sites for hydroxylation is 1. The van der Waals surface area contributed by atoms with Gasteiger partial charge in [-0.05, 0) is 44.3 Å². The lowest BCUT2D eigenvalue weighted by atomic mass is 9.90. The van der Waals surface area contributed by atoms with Gasteiger partial charge in [0.1, 0.15) is 46.4 Å². The number of aromatic nitrogens is 6. The van der Waals surface area contributed by atoms with Gasteiger partial charge in [-0.3, -0.25) is 0 Å². The molecule has 0 radical (unpaired) electrons. The molecule has 18 heteroatoms. The molecule has 7 rings (SSSR count). The molecule has 6 atom stereocenters. The Kier molecular flexibility index (Phi) is 10.9. The summed E-state index contributed by atoms with van der Waals surface area (Å²) in [6, 6.07) is 15.3. The van der Waals surface area contributed by atoms with Crippen molar-refractivity contribution < 1.29 is 32.5 Å². The first-order valence-corrected chi connectivity index (χ1v) is 17.6. The quantitative estimate of drug-likeness (QED) is 0.165. The van der Waals surface area contributed by atoms with Gasteiger partial charge < -0.3 is 29.2 Å². The average molecular weight is 790 g/mol. The number of hydrogen-bond acceptors (Lipinski definition) is 10. The monoisotopic (exact) mass is 788 g/mol. The summed E-state index contributed by atoms with van der Waals surface area (Å²) >= 11 is 18.8. The van der Waals surface area contributed by atoms with Crippen LogP contribution in [0.3, 0.4) is 0 Å². The van der Waals surface area contributed by atoms with Crippen LogP contribution in [0.1, 0.15) is 35.6 Å². The molecule has 2 saturated heterocycles. The molecule has 53 heavy (non-hydrogen) atoms. The molecule has 13 nitrogen and oxygen atoms in total. The maximum absolute atomic E-state index is 14.6. The number of nitrogens with one attached hydrogen (secondary N) is 1. The summed E-state index contributed by atoms with van der Waals surface area (Å²) in [6.07, 6.45) is -4.01. The minimum atomic E-state index is -1.22. The fourth-order valence-electron chi connectivity index (χ4n) is 6.30. The van der Waals surface area contributed by atoms with Crippen LogP contribution < -0.4 is 5.32 Å². The van der Waals surface area contributed by atoms with Crippen LogP contribution in [0.5, 0.6) is 0 Å². The fourth-order valence-corrected chi connectivity index (χ4v) is 6.77. The molecule has 2 fully saturated rings. The van der Waals surface area contributed by atoms with E-state index in [0.29, 0.717) is 34.6 Å². The lowest BCUT2D eigenvalue weighted by Gasteiger charge is -2.48. The Morgan fingerprint density at radius 1 is 1.08 bits per heavy atom. The second-order valence-corrected chi connectivity index (χ2v) is 13.7. The Morgan fingerprint density at radius 2 is 1.83 bits per heavy atom. The van der Waals surface area contributed by atoms with E-state index in [0.717, 1.165) is 17.7 Å². The van der Waals surface area contributed by atoms with Crippen LogP contribution in [0.2, 0.25) is 15.1 Å². The first-order valence-electron chi connectivity index (χ1n) is 16.5.